The van der Waals surface area contributed by atoms with Crippen molar-refractivity contribution >= 4 is 23.5 Å². The van der Waals surface area contributed by atoms with Crippen molar-refractivity contribution in [1.29, 1.82) is 0 Å². The number of rotatable bonds is 15. The van der Waals surface area contributed by atoms with E-state index >= 15 is 0 Å². The zero-order valence-electron chi connectivity index (χ0n) is 26.4. The van der Waals surface area contributed by atoms with Crippen LogP contribution in [-0.4, -0.2) is 101 Å². The number of hydrogen-bond donors (Lipinski definition) is 5. The summed E-state index contributed by atoms with van der Waals surface area (Å²) in [5.41, 5.74) is -0.711. The summed E-state index contributed by atoms with van der Waals surface area (Å²) in [5.74, 6) is -2.56. The van der Waals surface area contributed by atoms with Gasteiger partial charge in [-0.15, -0.1) is 0 Å². The molecule has 2 heterocycles. The highest BCUT2D eigenvalue weighted by molar-refractivity contribution is 5.98. The molecule has 14 heteroatoms. The van der Waals surface area contributed by atoms with Gasteiger partial charge in [0, 0.05) is 13.1 Å². The minimum atomic E-state index is -3.06. The van der Waals surface area contributed by atoms with Crippen LogP contribution in [0.15, 0.2) is 35.9 Å². The predicted octanol–water partition coefficient (Wildman–Crippen LogP) is 1.50. The summed E-state index contributed by atoms with van der Waals surface area (Å²) < 4.78 is 35.0. The van der Waals surface area contributed by atoms with Gasteiger partial charge < -0.3 is 35.6 Å². The topological polar surface area (TPSA) is 170 Å². The van der Waals surface area contributed by atoms with Crippen LogP contribution in [0.2, 0.25) is 0 Å². The Balaban J connectivity index is 1.48. The summed E-state index contributed by atoms with van der Waals surface area (Å²) >= 11 is 0. The molecule has 2 fully saturated rings. The molecule has 2 saturated heterocycles. The Morgan fingerprint density at radius 1 is 1.04 bits per heavy atom. The third kappa shape index (κ3) is 9.77. The molecule has 4 rings (SSSR count). The Hall–Kier alpha value is -3.46. The normalized spacial score (nSPS) is 23.4. The number of carbonyl (C=O) groups is 4. The van der Waals surface area contributed by atoms with Crippen molar-refractivity contribution in [3.8, 4) is 5.75 Å². The van der Waals surface area contributed by atoms with Gasteiger partial charge in [-0.05, 0) is 77.0 Å². The van der Waals surface area contributed by atoms with Crippen LogP contribution in [-0.2, 0) is 23.9 Å². The molecule has 12 nitrogen and oxygen atoms in total. The van der Waals surface area contributed by atoms with Gasteiger partial charge in [0.25, 0.3) is 0 Å². The highest BCUT2D eigenvalue weighted by Gasteiger charge is 2.50. The van der Waals surface area contributed by atoms with Gasteiger partial charge in [0.15, 0.2) is 5.78 Å². The summed E-state index contributed by atoms with van der Waals surface area (Å²) in [6, 6.07) is 1.22. The average molecular weight is 651 g/mol. The molecular formula is C32H44F2N4O8. The van der Waals surface area contributed by atoms with E-state index in [-0.39, 0.29) is 36.7 Å². The number of nitrogens with one attached hydrogen (secondary N) is 3. The molecule has 2 aliphatic heterocycles. The first-order valence-electron chi connectivity index (χ1n) is 15.6. The summed E-state index contributed by atoms with van der Waals surface area (Å²) in [7, 11) is 0. The van der Waals surface area contributed by atoms with Crippen molar-refractivity contribution in [2.45, 2.75) is 101 Å². The number of hydrogen-bond acceptors (Lipinski definition) is 9. The first kappa shape index (κ1) is 35.4. The first-order chi connectivity index (χ1) is 21.7. The summed E-state index contributed by atoms with van der Waals surface area (Å²) in [6.45, 7) is 2.98. The predicted molar refractivity (Wildman–Crippen MR) is 162 cm³/mol. The molecule has 0 bridgehead atoms. The van der Waals surface area contributed by atoms with Crippen LogP contribution in [0, 0.1) is 0 Å². The molecule has 3 amide bonds. The molecule has 1 aromatic rings. The molecule has 46 heavy (non-hydrogen) atoms. The van der Waals surface area contributed by atoms with Gasteiger partial charge in [-0.2, -0.15) is 8.78 Å². The molecule has 3 aliphatic rings. The maximum atomic E-state index is 13.8. The monoisotopic (exact) mass is 650 g/mol. The van der Waals surface area contributed by atoms with E-state index in [1.165, 1.54) is 31.2 Å². The Kier molecular flexibility index (Phi) is 11.5. The van der Waals surface area contributed by atoms with Crippen molar-refractivity contribution < 1.29 is 47.6 Å². The van der Waals surface area contributed by atoms with Crippen LogP contribution >= 0.6 is 0 Å². The Morgan fingerprint density at radius 3 is 2.26 bits per heavy atom. The van der Waals surface area contributed by atoms with E-state index in [1.807, 2.05) is 11.0 Å². The van der Waals surface area contributed by atoms with Crippen molar-refractivity contribution in [3.63, 3.8) is 0 Å². The second-order valence-corrected chi connectivity index (χ2v) is 12.8. The standard InChI is InChI=1S/C32H44F2N4O8/c1-19(35-24(39)17-38-14-12-31(2,44)13-15-38)28(42)37-25(26(40)21-8-10-22(11-9-21)46-30(33)34)29(43)36-23(16-20-6-4-5-7-20)27(41)32(3)18-45-32/h6,8-11,19,23,25-26,30,40,44H,4-5,7,12-18H2,1-3H3,(H,35,39)(H,36,43)(H,37,42)/t19-,23-,25-,26+,32+/m0/s1. The smallest absolute Gasteiger partial charge is 0.387 e. The van der Waals surface area contributed by atoms with Crippen molar-refractivity contribution in [1.82, 2.24) is 20.9 Å². The zero-order valence-corrected chi connectivity index (χ0v) is 26.4. The van der Waals surface area contributed by atoms with Gasteiger partial charge in [-0.1, -0.05) is 23.8 Å². The van der Waals surface area contributed by atoms with Crippen LogP contribution in [0.25, 0.3) is 0 Å². The third-order valence-electron chi connectivity index (χ3n) is 8.75. The maximum Gasteiger partial charge on any atom is 0.387 e. The second-order valence-electron chi connectivity index (χ2n) is 12.8. The fourth-order valence-electron chi connectivity index (χ4n) is 5.63. The largest absolute Gasteiger partial charge is 0.435 e. The Morgan fingerprint density at radius 2 is 1.70 bits per heavy atom. The quantitative estimate of drug-likeness (QED) is 0.140. The Labute approximate surface area is 266 Å². The number of likely N-dealkylation sites (tertiary alicyclic amines) is 1. The lowest BCUT2D eigenvalue weighted by molar-refractivity contribution is -0.136. The van der Waals surface area contributed by atoms with E-state index in [0.29, 0.717) is 25.9 Å². The fourth-order valence-corrected chi connectivity index (χ4v) is 5.63. The number of nitrogens with zero attached hydrogens (tertiary/aromatic N) is 1. The van der Waals surface area contributed by atoms with Crippen LogP contribution in [0.5, 0.6) is 5.75 Å². The number of piperidine rings is 1. The number of ether oxygens (including phenoxy) is 2. The molecule has 1 aromatic carbocycles. The van der Waals surface area contributed by atoms with Crippen LogP contribution in [0.1, 0.15) is 71.0 Å². The molecule has 254 valence electrons. The number of aliphatic hydroxyl groups is 2. The number of Topliss-reactive ketones (excluding diaryl/α,β-unsaturated/α-hetero) is 1. The number of ketones is 1. The van der Waals surface area contributed by atoms with Gasteiger partial charge in [-0.25, -0.2) is 0 Å². The van der Waals surface area contributed by atoms with E-state index in [1.54, 1.807) is 13.8 Å². The molecule has 0 spiro atoms. The molecule has 1 aliphatic carbocycles. The molecule has 5 N–H and O–H groups in total. The SMILES string of the molecule is C[C@H](NC(=O)CN1CCC(C)(O)CC1)C(=O)N[C@H](C(=O)N[C@@H](CC1=CCCC1)C(=O)[C@@]1(C)CO1)[C@H](O)c1ccc(OC(F)F)cc1. The molecular weight excluding hydrogens is 606 g/mol. The first-order valence-corrected chi connectivity index (χ1v) is 15.6. The Bertz CT molecular complexity index is 1290. The lowest BCUT2D eigenvalue weighted by Gasteiger charge is -2.35. The van der Waals surface area contributed by atoms with E-state index in [0.717, 1.165) is 24.8 Å². The van der Waals surface area contributed by atoms with Gasteiger partial charge >= 0.3 is 6.61 Å². The molecule has 0 unspecified atom stereocenters. The van der Waals surface area contributed by atoms with Gasteiger partial charge in [0.2, 0.25) is 17.7 Å². The number of alkyl halides is 2. The van der Waals surface area contributed by atoms with Crippen LogP contribution in [0.3, 0.4) is 0 Å². The average Bonchev–Trinajstić information content (AvgIpc) is 3.54. The number of aliphatic hydroxyl groups excluding tert-OH is 1. The number of halogens is 2. The highest BCUT2D eigenvalue weighted by Crippen LogP contribution is 2.32. The van der Waals surface area contributed by atoms with Crippen LogP contribution < -0.4 is 20.7 Å². The number of allylic oxidation sites excluding steroid dienone is 1. The molecule has 0 radical (unpaired) electrons. The summed E-state index contributed by atoms with van der Waals surface area (Å²) in [6.07, 6.45) is 4.20. The van der Waals surface area contributed by atoms with E-state index in [2.05, 4.69) is 20.7 Å². The molecule has 0 saturated carbocycles. The van der Waals surface area contributed by atoms with Gasteiger partial charge in [0.1, 0.15) is 29.5 Å². The summed E-state index contributed by atoms with van der Waals surface area (Å²) in [4.78, 5) is 55.0. The van der Waals surface area contributed by atoms with Crippen molar-refractivity contribution in [2.75, 3.05) is 26.2 Å². The second kappa shape index (κ2) is 15.0. The third-order valence-corrected chi connectivity index (χ3v) is 8.75. The van der Waals surface area contributed by atoms with Gasteiger partial charge in [-0.3, -0.25) is 24.1 Å². The lowest BCUT2D eigenvalue weighted by Crippen LogP contribution is -2.58. The minimum absolute atomic E-state index is 0.00770. The number of epoxide rings is 1. The minimum Gasteiger partial charge on any atom is -0.435 e. The maximum absolute atomic E-state index is 13.8. The number of benzene rings is 1. The van der Waals surface area contributed by atoms with Crippen molar-refractivity contribution in [2.24, 2.45) is 0 Å². The molecule has 5 atom stereocenters. The van der Waals surface area contributed by atoms with Crippen LogP contribution in [0.4, 0.5) is 8.78 Å². The van der Waals surface area contributed by atoms with E-state index in [9.17, 15) is 38.2 Å². The number of carbonyl (C=O) groups excluding carboxylic acids is 4. The molecule has 0 aromatic heterocycles. The zero-order chi connectivity index (χ0) is 33.6. The number of amides is 3. The van der Waals surface area contributed by atoms with Gasteiger partial charge in [0.05, 0.1) is 24.8 Å². The van der Waals surface area contributed by atoms with Crippen molar-refractivity contribution in [3.05, 3.63) is 41.5 Å². The van der Waals surface area contributed by atoms with E-state index < -0.39 is 59.8 Å². The highest BCUT2D eigenvalue weighted by atomic mass is 19.3. The fraction of sp³-hybridized carbons (Fsp3) is 0.625. The lowest BCUT2D eigenvalue weighted by atomic mass is 9.93. The van der Waals surface area contributed by atoms with E-state index in [4.69, 9.17) is 4.74 Å². The summed E-state index contributed by atoms with van der Waals surface area (Å²) in [5, 5.41) is 29.3.